The van der Waals surface area contributed by atoms with Crippen LogP contribution in [0.25, 0.3) is 0 Å². The second-order valence-electron chi connectivity index (χ2n) is 3.90. The van der Waals surface area contributed by atoms with Gasteiger partial charge < -0.3 is 5.11 Å². The maximum Gasteiger partial charge on any atom is 0.205 e. The molecule has 1 aliphatic heterocycles. The van der Waals surface area contributed by atoms with E-state index in [-0.39, 0.29) is 11.9 Å². The SMILES string of the molecule is CCCC1C=C(O)N(c2cc(C#N)ccn2)N1. The molecule has 1 aliphatic rings. The van der Waals surface area contributed by atoms with Gasteiger partial charge in [-0.1, -0.05) is 13.3 Å². The number of hydrazine groups is 1. The third kappa shape index (κ3) is 2.37. The number of nitrogens with one attached hydrogen (secondary N) is 1. The number of aromatic nitrogens is 1. The molecule has 0 saturated carbocycles. The number of hydrogen-bond acceptors (Lipinski definition) is 5. The first-order chi connectivity index (χ1) is 8.24. The minimum atomic E-state index is 0.118. The standard InChI is InChI=1S/C12H14N4O/c1-2-3-10-7-12(17)16(15-10)11-6-9(8-13)4-5-14-11/h4-7,10,15,17H,2-3H2,1H3. The molecule has 1 unspecified atom stereocenters. The number of rotatable bonds is 3. The van der Waals surface area contributed by atoms with E-state index >= 15 is 0 Å². The summed E-state index contributed by atoms with van der Waals surface area (Å²) in [7, 11) is 0. The first-order valence-corrected chi connectivity index (χ1v) is 5.58. The Balaban J connectivity index is 2.19. The van der Waals surface area contributed by atoms with Gasteiger partial charge >= 0.3 is 0 Å². The fourth-order valence-corrected chi connectivity index (χ4v) is 1.78. The van der Waals surface area contributed by atoms with Gasteiger partial charge in [-0.25, -0.2) is 15.4 Å². The van der Waals surface area contributed by atoms with Crippen molar-refractivity contribution >= 4 is 5.82 Å². The Morgan fingerprint density at radius 3 is 3.18 bits per heavy atom. The highest BCUT2D eigenvalue weighted by Gasteiger charge is 2.23. The largest absolute Gasteiger partial charge is 0.494 e. The molecule has 2 rings (SSSR count). The number of nitriles is 1. The zero-order chi connectivity index (χ0) is 12.3. The van der Waals surface area contributed by atoms with E-state index in [9.17, 15) is 5.11 Å². The summed E-state index contributed by atoms with van der Waals surface area (Å²) in [6.45, 7) is 2.09. The van der Waals surface area contributed by atoms with Crippen molar-refractivity contribution in [3.8, 4) is 6.07 Å². The Hall–Kier alpha value is -2.06. The van der Waals surface area contributed by atoms with Crippen LogP contribution in [0.5, 0.6) is 0 Å². The van der Waals surface area contributed by atoms with Crippen molar-refractivity contribution in [3.05, 3.63) is 35.9 Å². The third-order valence-corrected chi connectivity index (χ3v) is 2.58. The Bertz CT molecular complexity index is 478. The van der Waals surface area contributed by atoms with Gasteiger partial charge in [0.25, 0.3) is 0 Å². The topological polar surface area (TPSA) is 72.2 Å². The normalized spacial score (nSPS) is 18.9. The molecule has 1 aromatic heterocycles. The Labute approximate surface area is 100.0 Å². The molecule has 0 radical (unpaired) electrons. The second-order valence-corrected chi connectivity index (χ2v) is 3.90. The highest BCUT2D eigenvalue weighted by Crippen LogP contribution is 2.20. The zero-order valence-corrected chi connectivity index (χ0v) is 9.59. The third-order valence-electron chi connectivity index (χ3n) is 2.58. The van der Waals surface area contributed by atoms with Gasteiger partial charge in [-0.3, -0.25) is 0 Å². The molecule has 0 bridgehead atoms. The number of aliphatic hydroxyl groups excluding tert-OH is 1. The van der Waals surface area contributed by atoms with E-state index in [1.54, 1.807) is 24.4 Å². The van der Waals surface area contributed by atoms with Crippen LogP contribution in [0.1, 0.15) is 25.3 Å². The second kappa shape index (κ2) is 4.85. The lowest BCUT2D eigenvalue weighted by Gasteiger charge is -2.19. The summed E-state index contributed by atoms with van der Waals surface area (Å²) in [6, 6.07) is 5.42. The van der Waals surface area contributed by atoms with Crippen molar-refractivity contribution < 1.29 is 5.11 Å². The van der Waals surface area contributed by atoms with Gasteiger partial charge in [0.2, 0.25) is 5.88 Å². The highest BCUT2D eigenvalue weighted by atomic mass is 16.3. The molecular weight excluding hydrogens is 216 g/mol. The summed E-state index contributed by atoms with van der Waals surface area (Å²) in [6.07, 6.45) is 5.28. The summed E-state index contributed by atoms with van der Waals surface area (Å²) in [5.41, 5.74) is 3.65. The van der Waals surface area contributed by atoms with E-state index in [1.165, 1.54) is 5.01 Å². The van der Waals surface area contributed by atoms with Crippen molar-refractivity contribution in [2.24, 2.45) is 0 Å². The first-order valence-electron chi connectivity index (χ1n) is 5.58. The lowest BCUT2D eigenvalue weighted by molar-refractivity contribution is 0.387. The van der Waals surface area contributed by atoms with Crippen molar-refractivity contribution in [3.63, 3.8) is 0 Å². The van der Waals surface area contributed by atoms with Crippen molar-refractivity contribution in [1.82, 2.24) is 10.4 Å². The molecule has 5 nitrogen and oxygen atoms in total. The summed E-state index contributed by atoms with van der Waals surface area (Å²) in [5.74, 6) is 0.655. The van der Waals surface area contributed by atoms with Crippen LogP contribution in [0, 0.1) is 11.3 Å². The van der Waals surface area contributed by atoms with Crippen molar-refractivity contribution in [1.29, 1.82) is 5.26 Å². The van der Waals surface area contributed by atoms with Crippen LogP contribution in [-0.4, -0.2) is 16.1 Å². The van der Waals surface area contributed by atoms with Gasteiger partial charge in [0.1, 0.15) is 0 Å². The lowest BCUT2D eigenvalue weighted by atomic mass is 10.2. The highest BCUT2D eigenvalue weighted by molar-refractivity contribution is 5.49. The predicted octanol–water partition coefficient (Wildman–Crippen LogP) is 1.85. The van der Waals surface area contributed by atoms with Crippen LogP contribution in [0.15, 0.2) is 30.3 Å². The van der Waals surface area contributed by atoms with E-state index in [4.69, 9.17) is 5.26 Å². The molecular formula is C12H14N4O. The predicted molar refractivity (Wildman–Crippen MR) is 64.0 cm³/mol. The maximum atomic E-state index is 9.80. The summed E-state index contributed by atoms with van der Waals surface area (Å²) < 4.78 is 0. The number of anilines is 1. The van der Waals surface area contributed by atoms with Gasteiger partial charge in [-0.05, 0) is 18.6 Å². The van der Waals surface area contributed by atoms with Crippen molar-refractivity contribution in [2.75, 3.05) is 5.01 Å². The van der Waals surface area contributed by atoms with Crippen LogP contribution in [0.3, 0.4) is 0 Å². The van der Waals surface area contributed by atoms with Crippen LogP contribution in [0.2, 0.25) is 0 Å². The van der Waals surface area contributed by atoms with Crippen LogP contribution in [-0.2, 0) is 0 Å². The fourth-order valence-electron chi connectivity index (χ4n) is 1.78. The minimum absolute atomic E-state index is 0.118. The molecule has 1 aromatic rings. The fraction of sp³-hybridized carbons (Fsp3) is 0.333. The smallest absolute Gasteiger partial charge is 0.205 e. The molecule has 0 aliphatic carbocycles. The molecule has 0 saturated heterocycles. The number of hydrogen-bond donors (Lipinski definition) is 2. The molecule has 17 heavy (non-hydrogen) atoms. The number of aliphatic hydroxyl groups is 1. The van der Waals surface area contributed by atoms with Gasteiger partial charge in [0.05, 0.1) is 17.7 Å². The Morgan fingerprint density at radius 1 is 1.65 bits per heavy atom. The van der Waals surface area contributed by atoms with E-state index in [0.29, 0.717) is 11.4 Å². The van der Waals surface area contributed by atoms with Gasteiger partial charge in [-0.2, -0.15) is 5.26 Å². The molecule has 0 spiro atoms. The molecule has 0 amide bonds. The first kappa shape index (κ1) is 11.4. The van der Waals surface area contributed by atoms with Crippen molar-refractivity contribution in [2.45, 2.75) is 25.8 Å². The molecule has 0 aromatic carbocycles. The van der Waals surface area contributed by atoms with Crippen LogP contribution < -0.4 is 10.4 Å². The molecule has 2 heterocycles. The van der Waals surface area contributed by atoms with E-state index in [1.807, 2.05) is 6.07 Å². The average molecular weight is 230 g/mol. The number of pyridine rings is 1. The number of nitrogens with zero attached hydrogens (tertiary/aromatic N) is 3. The lowest BCUT2D eigenvalue weighted by Crippen LogP contribution is -2.37. The van der Waals surface area contributed by atoms with Gasteiger partial charge in [0, 0.05) is 12.3 Å². The zero-order valence-electron chi connectivity index (χ0n) is 9.59. The van der Waals surface area contributed by atoms with Gasteiger partial charge in [-0.15, -0.1) is 0 Å². The quantitative estimate of drug-likeness (QED) is 0.829. The Kier molecular flexibility index (Phi) is 3.26. The average Bonchev–Trinajstić information content (AvgIpc) is 2.71. The van der Waals surface area contributed by atoms with Crippen LogP contribution >= 0.6 is 0 Å². The molecule has 0 fully saturated rings. The molecule has 5 heteroatoms. The minimum Gasteiger partial charge on any atom is -0.494 e. The van der Waals surface area contributed by atoms with Gasteiger partial charge in [0.15, 0.2) is 5.82 Å². The molecule has 1 atom stereocenters. The van der Waals surface area contributed by atoms with E-state index < -0.39 is 0 Å². The van der Waals surface area contributed by atoms with E-state index in [0.717, 1.165) is 12.8 Å². The molecule has 2 N–H and O–H groups in total. The molecule has 88 valence electrons. The monoisotopic (exact) mass is 230 g/mol. The Morgan fingerprint density at radius 2 is 2.47 bits per heavy atom. The summed E-state index contributed by atoms with van der Waals surface area (Å²) in [4.78, 5) is 4.13. The summed E-state index contributed by atoms with van der Waals surface area (Å²) >= 11 is 0. The van der Waals surface area contributed by atoms with E-state index in [2.05, 4.69) is 17.3 Å². The van der Waals surface area contributed by atoms with Crippen LogP contribution in [0.4, 0.5) is 5.82 Å². The summed E-state index contributed by atoms with van der Waals surface area (Å²) in [5, 5.41) is 20.1. The maximum absolute atomic E-state index is 9.80.